The van der Waals surface area contributed by atoms with Crippen LogP contribution >= 0.6 is 24.0 Å². The van der Waals surface area contributed by atoms with E-state index in [-0.39, 0.29) is 29.5 Å². The summed E-state index contributed by atoms with van der Waals surface area (Å²) in [6, 6.07) is 5.53. The lowest BCUT2D eigenvalue weighted by molar-refractivity contribution is 0.0775. The highest BCUT2D eigenvalue weighted by atomic mass is 127. The van der Waals surface area contributed by atoms with Gasteiger partial charge in [-0.05, 0) is 51.3 Å². The monoisotopic (exact) mass is 476 g/mol. The minimum absolute atomic E-state index is 0. The zero-order valence-corrected chi connectivity index (χ0v) is 18.9. The summed E-state index contributed by atoms with van der Waals surface area (Å²) in [6.07, 6.45) is 2.57. The maximum absolute atomic E-state index is 6.11. The van der Waals surface area contributed by atoms with Gasteiger partial charge in [-0.25, -0.2) is 0 Å². The number of anilines is 1. The Bertz CT molecular complexity index is 607. The zero-order chi connectivity index (χ0) is 18.4. The molecule has 26 heavy (non-hydrogen) atoms. The van der Waals surface area contributed by atoms with Crippen molar-refractivity contribution in [2.75, 3.05) is 39.2 Å². The van der Waals surface area contributed by atoms with E-state index < -0.39 is 0 Å². The summed E-state index contributed by atoms with van der Waals surface area (Å²) in [5.74, 6) is 2.56. The van der Waals surface area contributed by atoms with E-state index in [4.69, 9.17) is 15.2 Å². The maximum atomic E-state index is 6.11. The molecule has 1 aromatic rings. The molecule has 0 saturated carbocycles. The van der Waals surface area contributed by atoms with Gasteiger partial charge in [0.2, 0.25) is 0 Å². The van der Waals surface area contributed by atoms with Gasteiger partial charge < -0.3 is 20.5 Å². The van der Waals surface area contributed by atoms with E-state index in [0.29, 0.717) is 18.3 Å². The van der Waals surface area contributed by atoms with E-state index in [1.807, 2.05) is 18.2 Å². The molecule has 1 aliphatic rings. The summed E-state index contributed by atoms with van der Waals surface area (Å²) < 4.78 is 10.6. The molecule has 7 heteroatoms. The standard InChI is InChI=1S/C19H32N4O2.HI/c1-14-7-6-10-23(12-14)19(2,3)13-21-18(20)22-16-11-15(24-4)8-9-17(16)25-5;/h8-9,11,14H,6-7,10,12-13H2,1-5H3,(H3,20,21,22);1H. The average Bonchev–Trinajstić information content (AvgIpc) is 2.60. The van der Waals surface area contributed by atoms with Gasteiger partial charge in [0.25, 0.3) is 0 Å². The number of nitrogens with zero attached hydrogens (tertiary/aromatic N) is 2. The first-order chi connectivity index (χ1) is 11.9. The number of halogens is 1. The number of likely N-dealkylation sites (tertiary alicyclic amines) is 1. The molecule has 1 aromatic carbocycles. The van der Waals surface area contributed by atoms with E-state index >= 15 is 0 Å². The number of piperidine rings is 1. The Morgan fingerprint density at radius 1 is 1.35 bits per heavy atom. The number of aliphatic imine (C=N–C) groups is 1. The first kappa shape index (κ1) is 22.8. The topological polar surface area (TPSA) is 72.1 Å². The molecule has 0 aromatic heterocycles. The zero-order valence-electron chi connectivity index (χ0n) is 16.5. The fourth-order valence-electron chi connectivity index (χ4n) is 3.21. The van der Waals surface area contributed by atoms with Crippen LogP contribution in [0.5, 0.6) is 11.5 Å². The number of benzene rings is 1. The number of methoxy groups -OCH3 is 2. The number of guanidine groups is 1. The maximum Gasteiger partial charge on any atom is 0.193 e. The number of ether oxygens (including phenoxy) is 2. The van der Waals surface area contributed by atoms with Crippen molar-refractivity contribution in [1.29, 1.82) is 0 Å². The molecule has 148 valence electrons. The molecule has 0 radical (unpaired) electrons. The molecule has 1 unspecified atom stereocenters. The lowest BCUT2D eigenvalue weighted by Crippen LogP contribution is -2.51. The fraction of sp³-hybridized carbons (Fsp3) is 0.632. The Labute approximate surface area is 174 Å². The number of hydrogen-bond donors (Lipinski definition) is 2. The van der Waals surface area contributed by atoms with Crippen molar-refractivity contribution in [3.63, 3.8) is 0 Å². The largest absolute Gasteiger partial charge is 0.497 e. The van der Waals surface area contributed by atoms with Crippen molar-refractivity contribution in [3.8, 4) is 11.5 Å². The van der Waals surface area contributed by atoms with Crippen LogP contribution in [0.15, 0.2) is 23.2 Å². The Morgan fingerprint density at radius 2 is 2.08 bits per heavy atom. The highest BCUT2D eigenvalue weighted by Gasteiger charge is 2.29. The van der Waals surface area contributed by atoms with Gasteiger partial charge in [-0.1, -0.05) is 6.92 Å². The molecule has 0 aliphatic carbocycles. The number of rotatable bonds is 6. The lowest BCUT2D eigenvalue weighted by atomic mass is 9.94. The van der Waals surface area contributed by atoms with Crippen LogP contribution in [0.2, 0.25) is 0 Å². The molecule has 0 bridgehead atoms. The van der Waals surface area contributed by atoms with Crippen LogP contribution in [0, 0.1) is 5.92 Å². The van der Waals surface area contributed by atoms with Crippen molar-refractivity contribution < 1.29 is 9.47 Å². The van der Waals surface area contributed by atoms with Crippen LogP contribution in [0.4, 0.5) is 5.69 Å². The summed E-state index contributed by atoms with van der Waals surface area (Å²) in [5.41, 5.74) is 6.84. The van der Waals surface area contributed by atoms with Crippen molar-refractivity contribution in [2.24, 2.45) is 16.6 Å². The van der Waals surface area contributed by atoms with Crippen LogP contribution in [0.3, 0.4) is 0 Å². The Balaban J connectivity index is 0.00000338. The van der Waals surface area contributed by atoms with E-state index in [0.717, 1.165) is 30.4 Å². The molecule has 6 nitrogen and oxygen atoms in total. The van der Waals surface area contributed by atoms with Crippen molar-refractivity contribution in [1.82, 2.24) is 4.90 Å². The lowest BCUT2D eigenvalue weighted by Gasteiger charge is -2.42. The SMILES string of the molecule is COc1ccc(OC)c(NC(N)=NCC(C)(C)N2CCCC(C)C2)c1.I. The molecular formula is C19H33IN4O2. The predicted molar refractivity (Wildman–Crippen MR) is 119 cm³/mol. The molecule has 0 spiro atoms. The van der Waals surface area contributed by atoms with Gasteiger partial charge in [0, 0.05) is 18.2 Å². The van der Waals surface area contributed by atoms with Crippen LogP contribution < -0.4 is 20.5 Å². The molecule has 1 aliphatic heterocycles. The van der Waals surface area contributed by atoms with Gasteiger partial charge in [-0.2, -0.15) is 0 Å². The van der Waals surface area contributed by atoms with Crippen LogP contribution in [0.25, 0.3) is 0 Å². The molecule has 0 amide bonds. The van der Waals surface area contributed by atoms with Crippen molar-refractivity contribution >= 4 is 35.6 Å². The van der Waals surface area contributed by atoms with Gasteiger partial charge in [-0.15, -0.1) is 24.0 Å². The summed E-state index contributed by atoms with van der Waals surface area (Å²) in [4.78, 5) is 7.09. The summed E-state index contributed by atoms with van der Waals surface area (Å²) in [5, 5.41) is 3.12. The Hall–Kier alpha value is -1.22. The summed E-state index contributed by atoms with van der Waals surface area (Å²) in [7, 11) is 3.26. The van der Waals surface area contributed by atoms with Gasteiger partial charge in [-0.3, -0.25) is 9.89 Å². The van der Waals surface area contributed by atoms with Gasteiger partial charge in [0.15, 0.2) is 5.96 Å². The van der Waals surface area contributed by atoms with E-state index in [1.165, 1.54) is 12.8 Å². The van der Waals surface area contributed by atoms with Gasteiger partial charge >= 0.3 is 0 Å². The summed E-state index contributed by atoms with van der Waals surface area (Å²) in [6.45, 7) is 9.67. The first-order valence-electron chi connectivity index (χ1n) is 8.89. The first-order valence-corrected chi connectivity index (χ1v) is 8.89. The quantitative estimate of drug-likeness (QED) is 0.373. The smallest absolute Gasteiger partial charge is 0.193 e. The van der Waals surface area contributed by atoms with Crippen molar-refractivity contribution in [2.45, 2.75) is 39.2 Å². The number of nitrogens with two attached hydrogens (primary N) is 1. The van der Waals surface area contributed by atoms with Crippen LogP contribution in [-0.4, -0.2) is 50.3 Å². The number of hydrogen-bond acceptors (Lipinski definition) is 4. The second-order valence-electron chi connectivity index (χ2n) is 7.40. The third kappa shape index (κ3) is 6.19. The predicted octanol–water partition coefficient (Wildman–Crippen LogP) is 3.56. The second-order valence-corrected chi connectivity index (χ2v) is 7.40. The fourth-order valence-corrected chi connectivity index (χ4v) is 3.21. The normalized spacial score (nSPS) is 18.8. The Morgan fingerprint density at radius 3 is 2.69 bits per heavy atom. The third-order valence-corrected chi connectivity index (χ3v) is 4.82. The number of nitrogens with one attached hydrogen (secondary N) is 1. The second kappa shape index (κ2) is 10.2. The van der Waals surface area contributed by atoms with Crippen molar-refractivity contribution in [3.05, 3.63) is 18.2 Å². The van der Waals surface area contributed by atoms with Crippen LogP contribution in [-0.2, 0) is 0 Å². The third-order valence-electron chi connectivity index (χ3n) is 4.82. The molecule has 2 rings (SSSR count). The highest BCUT2D eigenvalue weighted by molar-refractivity contribution is 14.0. The summed E-state index contributed by atoms with van der Waals surface area (Å²) >= 11 is 0. The van der Waals surface area contributed by atoms with Gasteiger partial charge in [0.05, 0.1) is 26.5 Å². The average molecular weight is 476 g/mol. The Kier molecular flexibility index (Phi) is 8.95. The van der Waals surface area contributed by atoms with Crippen LogP contribution in [0.1, 0.15) is 33.6 Å². The molecule has 1 atom stereocenters. The van der Waals surface area contributed by atoms with Gasteiger partial charge in [0.1, 0.15) is 11.5 Å². The molecule has 1 saturated heterocycles. The minimum Gasteiger partial charge on any atom is -0.497 e. The van der Waals surface area contributed by atoms with E-state index in [1.54, 1.807) is 14.2 Å². The minimum atomic E-state index is -0.0144. The molecule has 1 heterocycles. The molecule has 3 N–H and O–H groups in total. The molecular weight excluding hydrogens is 443 g/mol. The highest BCUT2D eigenvalue weighted by Crippen LogP contribution is 2.29. The van der Waals surface area contributed by atoms with E-state index in [2.05, 4.69) is 36.0 Å². The molecule has 1 fully saturated rings. The van der Waals surface area contributed by atoms with E-state index in [9.17, 15) is 0 Å².